The molecule has 1 heterocycles. The number of nitrogens with zero attached hydrogens (tertiary/aromatic N) is 3. The van der Waals surface area contributed by atoms with Gasteiger partial charge in [-0.3, -0.25) is 4.79 Å². The van der Waals surface area contributed by atoms with Crippen LogP contribution in [0.5, 0.6) is 0 Å². The van der Waals surface area contributed by atoms with E-state index in [-0.39, 0.29) is 11.2 Å². The molecule has 1 aliphatic carbocycles. The first-order chi connectivity index (χ1) is 10.2. The molecule has 1 aliphatic rings. The summed E-state index contributed by atoms with van der Waals surface area (Å²) in [6, 6.07) is 0.367. The van der Waals surface area contributed by atoms with E-state index in [1.807, 2.05) is 25.6 Å². The van der Waals surface area contributed by atoms with Crippen LogP contribution in [-0.2, 0) is 18.4 Å². The van der Waals surface area contributed by atoms with Gasteiger partial charge in [0.1, 0.15) is 5.82 Å². The van der Waals surface area contributed by atoms with Crippen molar-refractivity contribution in [2.24, 2.45) is 7.05 Å². The molecule has 1 fully saturated rings. The zero-order valence-corrected chi connectivity index (χ0v) is 13.9. The SMILES string of the molecule is CCC(Sc1nnc(CNC)n1C)C(=O)NC1CCCC1. The summed E-state index contributed by atoms with van der Waals surface area (Å²) in [6.45, 7) is 2.71. The molecule has 118 valence electrons. The molecular weight excluding hydrogens is 286 g/mol. The minimum absolute atomic E-state index is 0.101. The maximum absolute atomic E-state index is 12.4. The van der Waals surface area contributed by atoms with Gasteiger partial charge in [0.2, 0.25) is 5.91 Å². The van der Waals surface area contributed by atoms with E-state index in [1.54, 1.807) is 0 Å². The zero-order chi connectivity index (χ0) is 15.2. The number of hydrogen-bond acceptors (Lipinski definition) is 5. The highest BCUT2D eigenvalue weighted by molar-refractivity contribution is 8.00. The maximum atomic E-state index is 12.4. The molecule has 0 radical (unpaired) electrons. The molecule has 1 atom stereocenters. The third-order valence-electron chi connectivity index (χ3n) is 3.87. The van der Waals surface area contributed by atoms with Gasteiger partial charge in [-0.2, -0.15) is 0 Å². The molecule has 1 amide bonds. The van der Waals surface area contributed by atoms with Gasteiger partial charge in [0.05, 0.1) is 11.8 Å². The second-order valence-electron chi connectivity index (χ2n) is 5.49. The molecule has 21 heavy (non-hydrogen) atoms. The van der Waals surface area contributed by atoms with Crippen LogP contribution < -0.4 is 10.6 Å². The molecule has 2 rings (SSSR count). The summed E-state index contributed by atoms with van der Waals surface area (Å²) >= 11 is 1.50. The summed E-state index contributed by atoms with van der Waals surface area (Å²) < 4.78 is 1.95. The number of rotatable bonds is 7. The molecule has 0 bridgehead atoms. The topological polar surface area (TPSA) is 71.8 Å². The van der Waals surface area contributed by atoms with Crippen molar-refractivity contribution in [1.82, 2.24) is 25.4 Å². The second-order valence-corrected chi connectivity index (χ2v) is 6.66. The van der Waals surface area contributed by atoms with Gasteiger partial charge < -0.3 is 15.2 Å². The predicted molar refractivity (Wildman–Crippen MR) is 84.1 cm³/mol. The van der Waals surface area contributed by atoms with E-state index in [9.17, 15) is 4.79 Å². The van der Waals surface area contributed by atoms with Gasteiger partial charge in [0.15, 0.2) is 5.16 Å². The average molecular weight is 311 g/mol. The Morgan fingerprint density at radius 2 is 2.14 bits per heavy atom. The molecule has 2 N–H and O–H groups in total. The standard InChI is InChI=1S/C14H25N5OS/c1-4-11(13(20)16-10-7-5-6-8-10)21-14-18-17-12(9-15-2)19(14)3/h10-11,15H,4-9H2,1-3H3,(H,16,20). The van der Waals surface area contributed by atoms with Gasteiger partial charge in [-0.15, -0.1) is 10.2 Å². The number of amides is 1. The fourth-order valence-corrected chi connectivity index (χ4v) is 3.52. The van der Waals surface area contributed by atoms with Crippen molar-refractivity contribution in [3.8, 4) is 0 Å². The summed E-state index contributed by atoms with van der Waals surface area (Å²) in [5, 5.41) is 15.3. The number of carbonyl (C=O) groups excluding carboxylic acids is 1. The third kappa shape index (κ3) is 4.20. The van der Waals surface area contributed by atoms with Crippen molar-refractivity contribution in [3.05, 3.63) is 5.82 Å². The monoisotopic (exact) mass is 311 g/mol. The van der Waals surface area contributed by atoms with Crippen molar-refractivity contribution in [3.63, 3.8) is 0 Å². The zero-order valence-electron chi connectivity index (χ0n) is 13.1. The Kier molecular flexibility index (Phi) is 6.05. The molecule has 1 aromatic heterocycles. The summed E-state index contributed by atoms with van der Waals surface area (Å²) in [5.41, 5.74) is 0. The van der Waals surface area contributed by atoms with E-state index >= 15 is 0 Å². The van der Waals surface area contributed by atoms with Gasteiger partial charge in [-0.1, -0.05) is 31.5 Å². The smallest absolute Gasteiger partial charge is 0.233 e. The van der Waals surface area contributed by atoms with Gasteiger partial charge in [-0.05, 0) is 26.3 Å². The van der Waals surface area contributed by atoms with Crippen LogP contribution in [0.25, 0.3) is 0 Å². The Labute approximate surface area is 130 Å². The van der Waals surface area contributed by atoms with Gasteiger partial charge in [0.25, 0.3) is 0 Å². The highest BCUT2D eigenvalue weighted by Crippen LogP contribution is 2.25. The van der Waals surface area contributed by atoms with Gasteiger partial charge >= 0.3 is 0 Å². The Balaban J connectivity index is 1.96. The van der Waals surface area contributed by atoms with Crippen molar-refractivity contribution in [2.75, 3.05) is 7.05 Å². The Morgan fingerprint density at radius 3 is 2.76 bits per heavy atom. The lowest BCUT2D eigenvalue weighted by molar-refractivity contribution is -0.121. The molecule has 7 heteroatoms. The first kappa shape index (κ1) is 16.3. The quantitative estimate of drug-likeness (QED) is 0.746. The van der Waals surface area contributed by atoms with Crippen LogP contribution >= 0.6 is 11.8 Å². The summed E-state index contributed by atoms with van der Waals surface area (Å²) in [4.78, 5) is 12.4. The van der Waals surface area contributed by atoms with E-state index in [4.69, 9.17) is 0 Å². The van der Waals surface area contributed by atoms with Crippen LogP contribution in [0, 0.1) is 0 Å². The maximum Gasteiger partial charge on any atom is 0.233 e. The fourth-order valence-electron chi connectivity index (χ4n) is 2.57. The Bertz CT molecular complexity index is 470. The fraction of sp³-hybridized carbons (Fsp3) is 0.786. The van der Waals surface area contributed by atoms with Crippen molar-refractivity contribution < 1.29 is 4.79 Å². The van der Waals surface area contributed by atoms with Gasteiger partial charge in [-0.25, -0.2) is 0 Å². The predicted octanol–water partition coefficient (Wildman–Crippen LogP) is 1.46. The van der Waals surface area contributed by atoms with Crippen molar-refractivity contribution in [1.29, 1.82) is 0 Å². The highest BCUT2D eigenvalue weighted by Gasteiger charge is 2.24. The molecule has 1 saturated carbocycles. The van der Waals surface area contributed by atoms with Crippen LogP contribution in [0.3, 0.4) is 0 Å². The molecule has 0 saturated heterocycles. The minimum atomic E-state index is -0.101. The Morgan fingerprint density at radius 1 is 1.43 bits per heavy atom. The van der Waals surface area contributed by atoms with Gasteiger partial charge in [0, 0.05) is 13.1 Å². The van der Waals surface area contributed by atoms with E-state index in [1.165, 1.54) is 24.6 Å². The van der Waals surface area contributed by atoms with E-state index < -0.39 is 0 Å². The number of hydrogen-bond donors (Lipinski definition) is 2. The van der Waals surface area contributed by atoms with Crippen molar-refractivity contribution >= 4 is 17.7 Å². The minimum Gasteiger partial charge on any atom is -0.352 e. The lowest BCUT2D eigenvalue weighted by Gasteiger charge is -2.17. The summed E-state index contributed by atoms with van der Waals surface area (Å²) in [5.74, 6) is 1.01. The lowest BCUT2D eigenvalue weighted by Crippen LogP contribution is -2.38. The van der Waals surface area contributed by atoms with E-state index in [0.29, 0.717) is 12.6 Å². The first-order valence-electron chi connectivity index (χ1n) is 7.65. The number of thioether (sulfide) groups is 1. The number of carbonyl (C=O) groups is 1. The average Bonchev–Trinajstić information content (AvgIpc) is 3.09. The van der Waals surface area contributed by atoms with Crippen molar-refractivity contribution in [2.45, 2.75) is 62.0 Å². The van der Waals surface area contributed by atoms with Crippen LogP contribution in [-0.4, -0.2) is 39.0 Å². The van der Waals surface area contributed by atoms with E-state index in [0.717, 1.165) is 30.2 Å². The molecule has 0 aromatic carbocycles. The number of aromatic nitrogens is 3. The summed E-state index contributed by atoms with van der Waals surface area (Å²) in [7, 11) is 3.82. The van der Waals surface area contributed by atoms with Crippen LogP contribution in [0.2, 0.25) is 0 Å². The largest absolute Gasteiger partial charge is 0.352 e. The molecule has 6 nitrogen and oxygen atoms in total. The molecule has 0 spiro atoms. The third-order valence-corrected chi connectivity index (χ3v) is 5.27. The highest BCUT2D eigenvalue weighted by atomic mass is 32.2. The van der Waals surface area contributed by atoms with E-state index in [2.05, 4.69) is 20.8 Å². The van der Waals surface area contributed by atoms with Crippen LogP contribution in [0.4, 0.5) is 0 Å². The van der Waals surface area contributed by atoms with Crippen LogP contribution in [0.15, 0.2) is 5.16 Å². The Hall–Kier alpha value is -1.08. The molecule has 0 aliphatic heterocycles. The lowest BCUT2D eigenvalue weighted by atomic mass is 10.2. The second kappa shape index (κ2) is 7.79. The van der Waals surface area contributed by atoms with Crippen LogP contribution in [0.1, 0.15) is 44.9 Å². The number of nitrogens with one attached hydrogen (secondary N) is 2. The normalized spacial score (nSPS) is 17.1. The molecule has 1 aromatic rings. The molecule has 1 unspecified atom stereocenters. The first-order valence-corrected chi connectivity index (χ1v) is 8.53. The molecular formula is C14H25N5OS. The summed E-state index contributed by atoms with van der Waals surface area (Å²) in [6.07, 6.45) is 5.47.